The Morgan fingerprint density at radius 3 is 2.52 bits per heavy atom. The second-order valence-corrected chi connectivity index (χ2v) is 7.67. The summed E-state index contributed by atoms with van der Waals surface area (Å²) >= 11 is 6.47. The standard InChI is InChI=1S/C24H21ClN2O4/c1-14-12-18-20(23(28)27(14)13-15-8-4-3-5-9-15)19(16-10-6-7-11-17(16)25)21(22(26)31-18)24(29)30-2/h3-12,19H,13,26H2,1-2H3. The highest BCUT2D eigenvalue weighted by Crippen LogP contribution is 2.43. The van der Waals surface area contributed by atoms with Gasteiger partial charge in [0.05, 0.1) is 25.1 Å². The van der Waals surface area contributed by atoms with E-state index in [-0.39, 0.29) is 17.0 Å². The molecule has 0 spiro atoms. The summed E-state index contributed by atoms with van der Waals surface area (Å²) in [5, 5.41) is 0.407. The van der Waals surface area contributed by atoms with E-state index < -0.39 is 11.9 Å². The zero-order valence-electron chi connectivity index (χ0n) is 17.1. The van der Waals surface area contributed by atoms with E-state index in [0.29, 0.717) is 34.1 Å². The van der Waals surface area contributed by atoms with Crippen LogP contribution in [0, 0.1) is 6.92 Å². The number of aryl methyl sites for hydroxylation is 1. The molecule has 158 valence electrons. The highest BCUT2D eigenvalue weighted by Gasteiger charge is 2.39. The lowest BCUT2D eigenvalue weighted by Gasteiger charge is -2.29. The number of rotatable bonds is 4. The zero-order valence-corrected chi connectivity index (χ0v) is 17.8. The van der Waals surface area contributed by atoms with Crippen LogP contribution >= 0.6 is 11.6 Å². The van der Waals surface area contributed by atoms with Gasteiger partial charge >= 0.3 is 5.97 Å². The van der Waals surface area contributed by atoms with Crippen LogP contribution in [0.3, 0.4) is 0 Å². The number of carbonyl (C=O) groups is 1. The molecule has 31 heavy (non-hydrogen) atoms. The van der Waals surface area contributed by atoms with Gasteiger partial charge in [0.1, 0.15) is 11.3 Å². The number of ether oxygens (including phenoxy) is 2. The summed E-state index contributed by atoms with van der Waals surface area (Å²) in [7, 11) is 1.25. The van der Waals surface area contributed by atoms with E-state index in [0.717, 1.165) is 5.56 Å². The maximum Gasteiger partial charge on any atom is 0.340 e. The molecule has 0 fully saturated rings. The van der Waals surface area contributed by atoms with Crippen LogP contribution in [0.4, 0.5) is 0 Å². The highest BCUT2D eigenvalue weighted by atomic mass is 35.5. The average Bonchev–Trinajstić information content (AvgIpc) is 2.76. The predicted molar refractivity (Wildman–Crippen MR) is 118 cm³/mol. The van der Waals surface area contributed by atoms with Crippen LogP contribution < -0.4 is 16.0 Å². The van der Waals surface area contributed by atoms with Crippen molar-refractivity contribution in [2.75, 3.05) is 7.11 Å². The van der Waals surface area contributed by atoms with Gasteiger partial charge in [0, 0.05) is 16.8 Å². The monoisotopic (exact) mass is 436 g/mol. The zero-order chi connectivity index (χ0) is 22.1. The van der Waals surface area contributed by atoms with Crippen molar-refractivity contribution in [3.05, 3.63) is 110 Å². The molecular weight excluding hydrogens is 416 g/mol. The Morgan fingerprint density at radius 1 is 1.16 bits per heavy atom. The van der Waals surface area contributed by atoms with Gasteiger partial charge < -0.3 is 19.8 Å². The van der Waals surface area contributed by atoms with E-state index in [1.165, 1.54) is 7.11 Å². The van der Waals surface area contributed by atoms with Gasteiger partial charge in [0.25, 0.3) is 5.56 Å². The fourth-order valence-corrected chi connectivity index (χ4v) is 4.12. The number of hydrogen-bond acceptors (Lipinski definition) is 5. The summed E-state index contributed by atoms with van der Waals surface area (Å²) in [5.41, 5.74) is 8.44. The first kappa shape index (κ1) is 20.8. The Kier molecular flexibility index (Phi) is 5.57. The molecule has 3 aromatic rings. The Morgan fingerprint density at radius 2 is 1.84 bits per heavy atom. The summed E-state index contributed by atoms with van der Waals surface area (Å²) < 4.78 is 12.3. The van der Waals surface area contributed by atoms with Crippen LogP contribution in [0.1, 0.15) is 28.3 Å². The minimum Gasteiger partial charge on any atom is -0.465 e. The van der Waals surface area contributed by atoms with Gasteiger partial charge in [-0.05, 0) is 24.1 Å². The molecule has 1 aliphatic rings. The first-order valence-electron chi connectivity index (χ1n) is 9.70. The predicted octanol–water partition coefficient (Wildman–Crippen LogP) is 3.73. The third-order valence-corrected chi connectivity index (χ3v) is 5.72. The molecule has 7 heteroatoms. The highest BCUT2D eigenvalue weighted by molar-refractivity contribution is 6.31. The van der Waals surface area contributed by atoms with Crippen molar-refractivity contribution < 1.29 is 14.3 Å². The van der Waals surface area contributed by atoms with Gasteiger partial charge in [-0.25, -0.2) is 4.79 Å². The van der Waals surface area contributed by atoms with Crippen molar-refractivity contribution >= 4 is 17.6 Å². The number of hydrogen-bond donors (Lipinski definition) is 1. The molecule has 0 saturated carbocycles. The lowest BCUT2D eigenvalue weighted by atomic mass is 9.83. The number of benzene rings is 2. The van der Waals surface area contributed by atoms with Gasteiger partial charge in [-0.1, -0.05) is 60.1 Å². The van der Waals surface area contributed by atoms with Crippen molar-refractivity contribution in [1.82, 2.24) is 4.57 Å². The van der Waals surface area contributed by atoms with Crippen molar-refractivity contribution in [2.45, 2.75) is 19.4 Å². The Bertz CT molecular complexity index is 1250. The second kappa shape index (κ2) is 8.32. The van der Waals surface area contributed by atoms with Crippen LogP contribution in [0.2, 0.25) is 5.02 Å². The summed E-state index contributed by atoms with van der Waals surface area (Å²) in [4.78, 5) is 26.4. The number of halogens is 1. The Labute approximate surface area is 184 Å². The maximum atomic E-state index is 13.7. The summed E-state index contributed by atoms with van der Waals surface area (Å²) in [5.74, 6) is -1.30. The molecule has 4 rings (SSSR count). The van der Waals surface area contributed by atoms with Crippen LogP contribution in [-0.2, 0) is 16.1 Å². The van der Waals surface area contributed by atoms with Gasteiger partial charge in [-0.15, -0.1) is 0 Å². The number of nitrogens with zero attached hydrogens (tertiary/aromatic N) is 1. The SMILES string of the molecule is COC(=O)C1=C(N)Oc2cc(C)n(Cc3ccccc3)c(=O)c2C1c1ccccc1Cl. The van der Waals surface area contributed by atoms with Crippen molar-refractivity contribution in [3.63, 3.8) is 0 Å². The van der Waals surface area contributed by atoms with E-state index in [2.05, 4.69) is 0 Å². The number of aromatic nitrogens is 1. The fourth-order valence-electron chi connectivity index (χ4n) is 3.88. The molecule has 1 unspecified atom stereocenters. The first-order valence-corrected chi connectivity index (χ1v) is 10.1. The van der Waals surface area contributed by atoms with Crippen LogP contribution in [0.15, 0.2) is 76.9 Å². The number of nitrogens with two attached hydrogens (primary N) is 1. The average molecular weight is 437 g/mol. The summed E-state index contributed by atoms with van der Waals surface area (Å²) in [6, 6.07) is 18.4. The number of carbonyl (C=O) groups excluding carboxylic acids is 1. The molecule has 1 aliphatic heterocycles. The molecule has 2 heterocycles. The molecule has 0 amide bonds. The fraction of sp³-hybridized carbons (Fsp3) is 0.167. The third-order valence-electron chi connectivity index (χ3n) is 5.37. The van der Waals surface area contributed by atoms with Crippen LogP contribution in [0.25, 0.3) is 0 Å². The van der Waals surface area contributed by atoms with Gasteiger partial charge in [0.2, 0.25) is 5.88 Å². The minimum atomic E-state index is -0.819. The summed E-state index contributed by atoms with van der Waals surface area (Å²) in [6.45, 7) is 2.20. The normalized spacial score (nSPS) is 15.3. The molecule has 6 nitrogen and oxygen atoms in total. The van der Waals surface area contributed by atoms with E-state index in [1.807, 2.05) is 37.3 Å². The molecule has 2 N–H and O–H groups in total. The summed E-state index contributed by atoms with van der Waals surface area (Å²) in [6.07, 6.45) is 0. The van der Waals surface area contributed by atoms with Crippen molar-refractivity contribution in [2.24, 2.45) is 5.73 Å². The second-order valence-electron chi connectivity index (χ2n) is 7.27. The molecule has 1 atom stereocenters. The number of esters is 1. The molecule has 0 bridgehead atoms. The van der Waals surface area contributed by atoms with E-state index in [9.17, 15) is 9.59 Å². The largest absolute Gasteiger partial charge is 0.465 e. The number of methoxy groups -OCH3 is 1. The third kappa shape index (κ3) is 3.70. The molecule has 0 saturated heterocycles. The smallest absolute Gasteiger partial charge is 0.340 e. The lowest BCUT2D eigenvalue weighted by Crippen LogP contribution is -2.35. The lowest BCUT2D eigenvalue weighted by molar-refractivity contribution is -0.136. The van der Waals surface area contributed by atoms with E-state index >= 15 is 0 Å². The van der Waals surface area contributed by atoms with Gasteiger partial charge in [-0.2, -0.15) is 0 Å². The van der Waals surface area contributed by atoms with Gasteiger partial charge in [0.15, 0.2) is 0 Å². The Hall–Kier alpha value is -3.51. The van der Waals surface area contributed by atoms with Crippen LogP contribution in [0.5, 0.6) is 5.75 Å². The maximum absolute atomic E-state index is 13.7. The van der Waals surface area contributed by atoms with Crippen molar-refractivity contribution in [3.8, 4) is 5.75 Å². The van der Waals surface area contributed by atoms with Gasteiger partial charge in [-0.3, -0.25) is 4.79 Å². The number of fused-ring (bicyclic) bond motifs is 1. The molecule has 1 aromatic heterocycles. The van der Waals surface area contributed by atoms with Crippen molar-refractivity contribution in [1.29, 1.82) is 0 Å². The quantitative estimate of drug-likeness (QED) is 0.630. The molecule has 0 aliphatic carbocycles. The van der Waals surface area contributed by atoms with Crippen LogP contribution in [-0.4, -0.2) is 17.6 Å². The molecule has 2 aromatic carbocycles. The molecular formula is C24H21ClN2O4. The Balaban J connectivity index is 1.97. The minimum absolute atomic E-state index is 0.0512. The number of pyridine rings is 1. The van der Waals surface area contributed by atoms with E-state index in [1.54, 1.807) is 34.9 Å². The topological polar surface area (TPSA) is 83.5 Å². The first-order chi connectivity index (χ1) is 14.9. The van der Waals surface area contributed by atoms with E-state index in [4.69, 9.17) is 26.8 Å². The molecule has 0 radical (unpaired) electrons.